The number of piperidine rings is 1. The van der Waals surface area contributed by atoms with E-state index in [1.165, 1.54) is 12.1 Å². The van der Waals surface area contributed by atoms with E-state index in [0.29, 0.717) is 12.8 Å². The van der Waals surface area contributed by atoms with Gasteiger partial charge in [0, 0.05) is 30.4 Å². The van der Waals surface area contributed by atoms with Crippen molar-refractivity contribution in [2.45, 2.75) is 51.1 Å². The lowest BCUT2D eigenvalue weighted by Crippen LogP contribution is -2.46. The summed E-state index contributed by atoms with van der Waals surface area (Å²) in [5.41, 5.74) is 2.92. The summed E-state index contributed by atoms with van der Waals surface area (Å²) in [6.45, 7) is 0.964. The van der Waals surface area contributed by atoms with Crippen molar-refractivity contribution in [3.05, 3.63) is 36.2 Å². The third-order valence-electron chi connectivity index (χ3n) is 4.98. The highest BCUT2D eigenvalue weighted by Gasteiger charge is 2.25. The largest absolute Gasteiger partial charge is 0.344 e. The summed E-state index contributed by atoms with van der Waals surface area (Å²) in [6, 6.07) is 7.28. The van der Waals surface area contributed by atoms with Crippen LogP contribution in [0.25, 0.3) is 11.4 Å². The molecule has 2 N–H and O–H groups in total. The second-order valence-electron chi connectivity index (χ2n) is 6.73. The van der Waals surface area contributed by atoms with E-state index in [4.69, 9.17) is 0 Å². The van der Waals surface area contributed by atoms with Gasteiger partial charge in [-0.15, -0.1) is 0 Å². The standard InChI is InChI=1S/C19H22N4O2/c24-17-10-5-9-16(21-17)19(25)22-15-8-2-1-7-14(15)18-20-12-13-6-3-4-11-23(13)18/h1-2,7-8,12,16H,3-6,9-11H2,(H,21,24)(H,22,25)/t16-/m0/s1. The van der Waals surface area contributed by atoms with Crippen molar-refractivity contribution in [1.29, 1.82) is 0 Å². The van der Waals surface area contributed by atoms with Crippen LogP contribution < -0.4 is 10.6 Å². The first-order valence-corrected chi connectivity index (χ1v) is 8.96. The van der Waals surface area contributed by atoms with Gasteiger partial charge in [0.15, 0.2) is 0 Å². The topological polar surface area (TPSA) is 76.0 Å². The molecule has 130 valence electrons. The van der Waals surface area contributed by atoms with Crippen molar-refractivity contribution < 1.29 is 9.59 Å². The van der Waals surface area contributed by atoms with E-state index in [2.05, 4.69) is 20.2 Å². The zero-order valence-electron chi connectivity index (χ0n) is 14.1. The quantitative estimate of drug-likeness (QED) is 0.903. The molecule has 2 aliphatic rings. The van der Waals surface area contributed by atoms with E-state index in [-0.39, 0.29) is 11.8 Å². The van der Waals surface area contributed by atoms with Gasteiger partial charge in [-0.1, -0.05) is 12.1 Å². The van der Waals surface area contributed by atoms with E-state index >= 15 is 0 Å². The van der Waals surface area contributed by atoms with Crippen molar-refractivity contribution in [2.75, 3.05) is 5.32 Å². The van der Waals surface area contributed by atoms with Gasteiger partial charge in [-0.3, -0.25) is 9.59 Å². The Hall–Kier alpha value is -2.63. The molecule has 1 saturated heterocycles. The summed E-state index contributed by atoms with van der Waals surface area (Å²) in [4.78, 5) is 28.7. The number of carbonyl (C=O) groups is 2. The highest BCUT2D eigenvalue weighted by Crippen LogP contribution is 2.30. The molecular weight excluding hydrogens is 316 g/mol. The van der Waals surface area contributed by atoms with Gasteiger partial charge in [0.1, 0.15) is 11.9 Å². The molecule has 4 rings (SSSR count). The van der Waals surface area contributed by atoms with Crippen LogP contribution in [0.2, 0.25) is 0 Å². The Balaban J connectivity index is 1.60. The summed E-state index contributed by atoms with van der Waals surface area (Å²) in [6.07, 6.45) is 7.27. The van der Waals surface area contributed by atoms with Crippen LogP contribution in [-0.2, 0) is 22.6 Å². The van der Waals surface area contributed by atoms with Crippen molar-refractivity contribution >= 4 is 17.5 Å². The second-order valence-corrected chi connectivity index (χ2v) is 6.73. The second kappa shape index (κ2) is 6.70. The summed E-state index contributed by atoms with van der Waals surface area (Å²) < 4.78 is 2.25. The molecular formula is C19H22N4O2. The number of benzene rings is 1. The van der Waals surface area contributed by atoms with Gasteiger partial charge in [-0.05, 0) is 44.2 Å². The van der Waals surface area contributed by atoms with Crippen LogP contribution >= 0.6 is 0 Å². The average Bonchev–Trinajstić information content (AvgIpc) is 3.06. The lowest BCUT2D eigenvalue weighted by atomic mass is 10.0. The normalized spacial score (nSPS) is 19.8. The van der Waals surface area contributed by atoms with Gasteiger partial charge in [-0.25, -0.2) is 4.98 Å². The van der Waals surface area contributed by atoms with Crippen LogP contribution in [0.5, 0.6) is 0 Å². The van der Waals surface area contributed by atoms with Crippen LogP contribution in [0.4, 0.5) is 5.69 Å². The van der Waals surface area contributed by atoms with E-state index in [1.807, 2.05) is 30.5 Å². The molecule has 3 heterocycles. The van der Waals surface area contributed by atoms with E-state index in [0.717, 1.165) is 42.9 Å². The number of rotatable bonds is 3. The van der Waals surface area contributed by atoms with Gasteiger partial charge in [0.2, 0.25) is 11.8 Å². The maximum absolute atomic E-state index is 12.6. The highest BCUT2D eigenvalue weighted by molar-refractivity contribution is 6.00. The van der Waals surface area contributed by atoms with E-state index in [1.54, 1.807) is 0 Å². The highest BCUT2D eigenvalue weighted by atomic mass is 16.2. The minimum Gasteiger partial charge on any atom is -0.344 e. The molecule has 0 radical (unpaired) electrons. The third-order valence-corrected chi connectivity index (χ3v) is 4.98. The number of aryl methyl sites for hydroxylation is 1. The molecule has 6 heteroatoms. The molecule has 25 heavy (non-hydrogen) atoms. The Morgan fingerprint density at radius 2 is 2.08 bits per heavy atom. The van der Waals surface area contributed by atoms with Crippen molar-refractivity contribution in [3.63, 3.8) is 0 Å². The number of hydrogen-bond donors (Lipinski definition) is 2. The molecule has 0 bridgehead atoms. The number of nitrogens with zero attached hydrogens (tertiary/aromatic N) is 2. The van der Waals surface area contributed by atoms with Crippen LogP contribution in [0.15, 0.2) is 30.5 Å². The van der Waals surface area contributed by atoms with Crippen molar-refractivity contribution in [1.82, 2.24) is 14.9 Å². The third kappa shape index (κ3) is 3.16. The molecule has 1 fully saturated rings. The SMILES string of the molecule is O=C1CCC[C@@H](C(=O)Nc2ccccc2-c2ncc3n2CCCC3)N1. The summed E-state index contributed by atoms with van der Waals surface area (Å²) >= 11 is 0. The predicted molar refractivity (Wildman–Crippen MR) is 95.0 cm³/mol. The molecule has 0 aliphatic carbocycles. The zero-order valence-corrected chi connectivity index (χ0v) is 14.1. The molecule has 1 aromatic heterocycles. The summed E-state index contributed by atoms with van der Waals surface area (Å²) in [7, 11) is 0. The first-order valence-electron chi connectivity index (χ1n) is 8.96. The fourth-order valence-electron chi connectivity index (χ4n) is 3.66. The number of imidazole rings is 1. The predicted octanol–water partition coefficient (Wildman–Crippen LogP) is 2.49. The van der Waals surface area contributed by atoms with Crippen molar-refractivity contribution in [3.8, 4) is 11.4 Å². The van der Waals surface area contributed by atoms with Crippen LogP contribution in [0.3, 0.4) is 0 Å². The zero-order chi connectivity index (χ0) is 17.2. The Bertz CT molecular complexity index is 812. The number of anilines is 1. The molecule has 6 nitrogen and oxygen atoms in total. The fraction of sp³-hybridized carbons (Fsp3) is 0.421. The summed E-state index contributed by atoms with van der Waals surface area (Å²) in [5, 5.41) is 5.76. The Labute approximate surface area is 146 Å². The minimum atomic E-state index is -0.455. The lowest BCUT2D eigenvalue weighted by Gasteiger charge is -2.23. The molecule has 2 amide bonds. The van der Waals surface area contributed by atoms with Crippen LogP contribution in [0, 0.1) is 0 Å². The first kappa shape index (κ1) is 15.9. The van der Waals surface area contributed by atoms with Crippen molar-refractivity contribution in [2.24, 2.45) is 0 Å². The first-order chi connectivity index (χ1) is 12.2. The minimum absolute atomic E-state index is 0.0537. The van der Waals surface area contributed by atoms with Gasteiger partial charge >= 0.3 is 0 Å². The number of carbonyl (C=O) groups excluding carboxylic acids is 2. The van der Waals surface area contributed by atoms with Gasteiger partial charge in [0.05, 0.1) is 5.69 Å². The molecule has 1 atom stereocenters. The van der Waals surface area contributed by atoms with Crippen LogP contribution in [-0.4, -0.2) is 27.4 Å². The lowest BCUT2D eigenvalue weighted by molar-refractivity contribution is -0.128. The molecule has 0 unspecified atom stereocenters. The molecule has 0 spiro atoms. The smallest absolute Gasteiger partial charge is 0.246 e. The Morgan fingerprint density at radius 1 is 1.20 bits per heavy atom. The maximum Gasteiger partial charge on any atom is 0.246 e. The molecule has 2 aliphatic heterocycles. The number of aromatic nitrogens is 2. The van der Waals surface area contributed by atoms with E-state index < -0.39 is 6.04 Å². The average molecular weight is 338 g/mol. The molecule has 1 aromatic carbocycles. The van der Waals surface area contributed by atoms with E-state index in [9.17, 15) is 9.59 Å². The Kier molecular flexibility index (Phi) is 4.26. The van der Waals surface area contributed by atoms with Gasteiger partial charge in [-0.2, -0.15) is 0 Å². The number of fused-ring (bicyclic) bond motifs is 1. The maximum atomic E-state index is 12.6. The summed E-state index contributed by atoms with van der Waals surface area (Å²) in [5.74, 6) is 0.686. The fourth-order valence-corrected chi connectivity index (χ4v) is 3.66. The number of para-hydroxylation sites is 1. The number of nitrogens with one attached hydrogen (secondary N) is 2. The van der Waals surface area contributed by atoms with Crippen LogP contribution in [0.1, 0.15) is 37.8 Å². The molecule has 0 saturated carbocycles. The van der Waals surface area contributed by atoms with Gasteiger partial charge < -0.3 is 15.2 Å². The molecule has 2 aromatic rings. The number of hydrogen-bond acceptors (Lipinski definition) is 3. The monoisotopic (exact) mass is 338 g/mol. The van der Waals surface area contributed by atoms with Gasteiger partial charge in [0.25, 0.3) is 0 Å². The Morgan fingerprint density at radius 3 is 2.96 bits per heavy atom. The number of amides is 2.